The maximum absolute atomic E-state index is 13.1. The minimum absolute atomic E-state index is 0.0152. The zero-order valence-electron chi connectivity index (χ0n) is 15.4. The second kappa shape index (κ2) is 8.15. The molecule has 0 radical (unpaired) electrons. The first-order valence-electron chi connectivity index (χ1n) is 9.16. The Bertz CT molecular complexity index is 977. The molecular weight excluding hydrogens is 353 g/mol. The van der Waals surface area contributed by atoms with Gasteiger partial charge in [0.1, 0.15) is 5.82 Å². The summed E-state index contributed by atoms with van der Waals surface area (Å²) in [5.41, 5.74) is 2.99. The maximum atomic E-state index is 13.1. The molecule has 0 aliphatic carbocycles. The lowest BCUT2D eigenvalue weighted by molar-refractivity contribution is 0.403. The van der Waals surface area contributed by atoms with E-state index in [1.807, 2.05) is 43.3 Å². The minimum Gasteiger partial charge on any atom is -0.419 e. The van der Waals surface area contributed by atoms with Gasteiger partial charge in [0.15, 0.2) is 0 Å². The molecule has 1 heterocycles. The highest BCUT2D eigenvalue weighted by Crippen LogP contribution is 2.27. The highest BCUT2D eigenvalue weighted by Gasteiger charge is 2.21. The fourth-order valence-corrected chi connectivity index (χ4v) is 3.12. The number of hydrogen-bond acceptors (Lipinski definition) is 4. The molecule has 5 heteroatoms. The van der Waals surface area contributed by atoms with Gasteiger partial charge in [0.05, 0.1) is 12.1 Å². The summed E-state index contributed by atoms with van der Waals surface area (Å²) in [4.78, 5) is 0. The van der Waals surface area contributed by atoms with E-state index >= 15 is 0 Å². The monoisotopic (exact) mass is 373 g/mol. The highest BCUT2D eigenvalue weighted by molar-refractivity contribution is 5.52. The Morgan fingerprint density at radius 1 is 0.786 bits per heavy atom. The molecule has 1 aromatic heterocycles. The molecule has 0 unspecified atom stereocenters. The Labute approximate surface area is 163 Å². The molecule has 28 heavy (non-hydrogen) atoms. The van der Waals surface area contributed by atoms with Crippen LogP contribution in [0.4, 0.5) is 4.39 Å². The van der Waals surface area contributed by atoms with Crippen molar-refractivity contribution in [2.45, 2.75) is 19.0 Å². The van der Waals surface area contributed by atoms with Crippen LogP contribution in [-0.4, -0.2) is 10.2 Å². The van der Waals surface area contributed by atoms with Gasteiger partial charge in [0, 0.05) is 5.56 Å². The van der Waals surface area contributed by atoms with E-state index in [4.69, 9.17) is 4.42 Å². The Hall–Kier alpha value is -3.31. The predicted molar refractivity (Wildman–Crippen MR) is 106 cm³/mol. The van der Waals surface area contributed by atoms with Crippen molar-refractivity contribution in [3.8, 4) is 11.5 Å². The summed E-state index contributed by atoms with van der Waals surface area (Å²) in [6, 6.07) is 26.3. The normalized spacial score (nSPS) is 12.2. The van der Waals surface area contributed by atoms with Crippen LogP contribution in [0.5, 0.6) is 0 Å². The Kier molecular flexibility index (Phi) is 5.26. The molecule has 4 aromatic rings. The van der Waals surface area contributed by atoms with Crippen molar-refractivity contribution in [3.05, 3.63) is 108 Å². The average Bonchev–Trinajstić information content (AvgIpc) is 3.24. The first kappa shape index (κ1) is 18.1. The number of nitrogens with zero attached hydrogens (tertiary/aromatic N) is 2. The van der Waals surface area contributed by atoms with Gasteiger partial charge in [-0.25, -0.2) is 4.39 Å². The zero-order chi connectivity index (χ0) is 19.3. The van der Waals surface area contributed by atoms with Crippen LogP contribution in [0.15, 0.2) is 89.3 Å². The lowest BCUT2D eigenvalue weighted by Gasteiger charge is -2.22. The predicted octanol–water partition coefficient (Wildman–Crippen LogP) is 5.32. The van der Waals surface area contributed by atoms with E-state index in [9.17, 15) is 4.39 Å². The Balaban J connectivity index is 1.58. The average molecular weight is 373 g/mol. The molecule has 1 atom stereocenters. The van der Waals surface area contributed by atoms with Gasteiger partial charge in [-0.15, -0.1) is 10.2 Å². The molecular formula is C23H20FN3O. The lowest BCUT2D eigenvalue weighted by atomic mass is 9.98. The van der Waals surface area contributed by atoms with E-state index in [-0.39, 0.29) is 17.9 Å². The molecule has 0 spiro atoms. The lowest BCUT2D eigenvalue weighted by Crippen LogP contribution is -2.25. The van der Waals surface area contributed by atoms with Gasteiger partial charge in [0.2, 0.25) is 11.8 Å². The molecule has 0 saturated carbocycles. The van der Waals surface area contributed by atoms with E-state index in [1.54, 1.807) is 12.1 Å². The summed E-state index contributed by atoms with van der Waals surface area (Å²) >= 11 is 0. The molecule has 0 aliphatic heterocycles. The van der Waals surface area contributed by atoms with E-state index in [0.29, 0.717) is 17.3 Å². The molecule has 1 N–H and O–H groups in total. The number of halogens is 1. The summed E-state index contributed by atoms with van der Waals surface area (Å²) in [5, 5.41) is 11.9. The van der Waals surface area contributed by atoms with E-state index in [1.165, 1.54) is 12.1 Å². The third kappa shape index (κ3) is 4.00. The molecule has 0 bridgehead atoms. The second-order valence-corrected chi connectivity index (χ2v) is 6.60. The minimum atomic E-state index is -0.299. The van der Waals surface area contributed by atoms with Crippen molar-refractivity contribution in [1.29, 1.82) is 0 Å². The van der Waals surface area contributed by atoms with Crippen molar-refractivity contribution < 1.29 is 8.81 Å². The van der Waals surface area contributed by atoms with Crippen LogP contribution in [0, 0.1) is 5.82 Å². The molecule has 0 fully saturated rings. The van der Waals surface area contributed by atoms with Crippen molar-refractivity contribution in [1.82, 2.24) is 15.5 Å². The molecule has 3 aromatic carbocycles. The molecule has 0 amide bonds. The quantitative estimate of drug-likeness (QED) is 0.497. The Morgan fingerprint density at radius 2 is 1.36 bits per heavy atom. The maximum Gasteiger partial charge on any atom is 0.247 e. The number of benzene rings is 3. The summed E-state index contributed by atoms with van der Waals surface area (Å²) in [7, 11) is 0. The van der Waals surface area contributed by atoms with Crippen LogP contribution < -0.4 is 5.32 Å². The molecule has 0 saturated heterocycles. The zero-order valence-corrected chi connectivity index (χ0v) is 15.4. The van der Waals surface area contributed by atoms with Crippen LogP contribution in [0.1, 0.15) is 36.0 Å². The van der Waals surface area contributed by atoms with E-state index in [0.717, 1.165) is 11.1 Å². The third-order valence-electron chi connectivity index (χ3n) is 4.58. The van der Waals surface area contributed by atoms with Crippen LogP contribution in [0.3, 0.4) is 0 Å². The molecule has 4 rings (SSSR count). The van der Waals surface area contributed by atoms with Crippen molar-refractivity contribution in [2.24, 2.45) is 0 Å². The molecule has 0 aliphatic rings. The number of aromatic nitrogens is 2. The summed E-state index contributed by atoms with van der Waals surface area (Å²) in [5.74, 6) is 0.558. The summed E-state index contributed by atoms with van der Waals surface area (Å²) < 4.78 is 19.0. The first-order chi connectivity index (χ1) is 13.7. The first-order valence-corrected chi connectivity index (χ1v) is 9.16. The number of rotatable bonds is 6. The second-order valence-electron chi connectivity index (χ2n) is 6.60. The Morgan fingerprint density at radius 3 is 1.93 bits per heavy atom. The summed E-state index contributed by atoms with van der Waals surface area (Å²) in [6.07, 6.45) is 0. The fraction of sp³-hybridized carbons (Fsp3) is 0.130. The van der Waals surface area contributed by atoms with Crippen LogP contribution in [-0.2, 0) is 0 Å². The highest BCUT2D eigenvalue weighted by atomic mass is 19.1. The number of hydrogen-bond donors (Lipinski definition) is 1. The van der Waals surface area contributed by atoms with Gasteiger partial charge < -0.3 is 4.42 Å². The van der Waals surface area contributed by atoms with Gasteiger partial charge in [-0.1, -0.05) is 60.7 Å². The smallest absolute Gasteiger partial charge is 0.247 e. The van der Waals surface area contributed by atoms with Gasteiger partial charge in [-0.05, 0) is 42.3 Å². The fourth-order valence-electron chi connectivity index (χ4n) is 3.12. The standard InChI is InChI=1S/C23H20FN3O/c1-16(22-26-27-23(28-22)19-12-14-20(24)15-13-19)25-21(17-8-4-2-5-9-17)18-10-6-3-7-11-18/h2-16,21,25H,1H3/t16-/m1/s1. The van der Waals surface area contributed by atoms with E-state index < -0.39 is 0 Å². The van der Waals surface area contributed by atoms with Crippen molar-refractivity contribution in [2.75, 3.05) is 0 Å². The third-order valence-corrected chi connectivity index (χ3v) is 4.58. The largest absolute Gasteiger partial charge is 0.419 e. The van der Waals surface area contributed by atoms with Crippen LogP contribution >= 0.6 is 0 Å². The topological polar surface area (TPSA) is 51.0 Å². The van der Waals surface area contributed by atoms with Gasteiger partial charge >= 0.3 is 0 Å². The van der Waals surface area contributed by atoms with E-state index in [2.05, 4.69) is 39.8 Å². The van der Waals surface area contributed by atoms with Crippen LogP contribution in [0.2, 0.25) is 0 Å². The van der Waals surface area contributed by atoms with Crippen LogP contribution in [0.25, 0.3) is 11.5 Å². The molecule has 140 valence electrons. The SMILES string of the molecule is C[C@@H](NC(c1ccccc1)c1ccccc1)c1nnc(-c2ccc(F)cc2)o1. The van der Waals surface area contributed by atoms with Crippen molar-refractivity contribution >= 4 is 0 Å². The van der Waals surface area contributed by atoms with Gasteiger partial charge in [0.25, 0.3) is 0 Å². The van der Waals surface area contributed by atoms with Crippen molar-refractivity contribution in [3.63, 3.8) is 0 Å². The molecule has 4 nitrogen and oxygen atoms in total. The summed E-state index contributed by atoms with van der Waals surface area (Å²) in [6.45, 7) is 1.99. The van der Waals surface area contributed by atoms with Gasteiger partial charge in [-0.3, -0.25) is 5.32 Å². The van der Waals surface area contributed by atoms with Gasteiger partial charge in [-0.2, -0.15) is 0 Å². The number of nitrogens with one attached hydrogen (secondary N) is 1.